The first kappa shape index (κ1) is 8.80. The van der Waals surface area contributed by atoms with E-state index in [0.717, 1.165) is 10.6 Å². The monoisotopic (exact) mass is 182 g/mol. The minimum Gasteiger partial charge on any atom is -0.351 e. The summed E-state index contributed by atoms with van der Waals surface area (Å²) in [4.78, 5) is 11.5. The fourth-order valence-corrected chi connectivity index (χ4v) is 1.60. The van der Waals surface area contributed by atoms with Crippen molar-refractivity contribution in [1.82, 2.24) is 5.32 Å². The molecule has 1 aromatic heterocycles. The Bertz CT molecular complexity index is 290. The maximum Gasteiger partial charge on any atom is 0.316 e. The lowest BCUT2D eigenvalue weighted by atomic mass is 10.3. The quantitative estimate of drug-likeness (QED) is 0.719. The Labute approximate surface area is 74.9 Å². The van der Waals surface area contributed by atoms with E-state index in [0.29, 0.717) is 0 Å². The van der Waals surface area contributed by atoms with Gasteiger partial charge < -0.3 is 11.1 Å². The van der Waals surface area contributed by atoms with Crippen LogP contribution in [0, 0.1) is 0 Å². The molecule has 0 unspecified atom stereocenters. The van der Waals surface area contributed by atoms with Crippen molar-refractivity contribution in [3.05, 3.63) is 28.5 Å². The van der Waals surface area contributed by atoms with Crippen molar-refractivity contribution in [3.63, 3.8) is 0 Å². The second-order valence-corrected chi connectivity index (χ2v) is 3.12. The van der Waals surface area contributed by atoms with E-state index in [9.17, 15) is 4.79 Å². The van der Waals surface area contributed by atoms with Gasteiger partial charge in [-0.25, -0.2) is 4.79 Å². The van der Waals surface area contributed by atoms with Gasteiger partial charge in [-0.15, -0.1) is 11.3 Å². The summed E-state index contributed by atoms with van der Waals surface area (Å²) in [5.41, 5.74) is 5.75. The van der Waals surface area contributed by atoms with Gasteiger partial charge in [0.1, 0.15) is 0 Å². The van der Waals surface area contributed by atoms with E-state index < -0.39 is 6.03 Å². The number of rotatable bonds is 2. The minimum atomic E-state index is -0.531. The Morgan fingerprint density at radius 3 is 2.92 bits per heavy atom. The normalized spacial score (nSPS) is 11.2. The van der Waals surface area contributed by atoms with Crippen LogP contribution < -0.4 is 11.1 Å². The van der Waals surface area contributed by atoms with Crippen LogP contribution in [0.4, 0.5) is 4.79 Å². The molecule has 0 aliphatic carbocycles. The van der Waals surface area contributed by atoms with Crippen molar-refractivity contribution in [2.75, 3.05) is 0 Å². The molecule has 0 saturated heterocycles. The number of allylic oxidation sites excluding steroid dienone is 1. The van der Waals surface area contributed by atoms with Gasteiger partial charge in [0, 0.05) is 0 Å². The second kappa shape index (κ2) is 3.92. The summed E-state index contributed by atoms with van der Waals surface area (Å²) in [5, 5.41) is 4.49. The molecule has 0 aliphatic heterocycles. The van der Waals surface area contributed by atoms with Crippen LogP contribution in [-0.2, 0) is 0 Å². The number of hydrogen-bond donors (Lipinski definition) is 2. The van der Waals surface area contributed by atoms with Crippen molar-refractivity contribution < 1.29 is 4.79 Å². The number of urea groups is 1. The van der Waals surface area contributed by atoms with Crippen molar-refractivity contribution >= 4 is 23.1 Å². The number of carbonyl (C=O) groups is 1. The Balaban J connectivity index is 2.78. The predicted octanol–water partition coefficient (Wildman–Crippen LogP) is 1.78. The number of nitrogens with one attached hydrogen (secondary N) is 1. The highest BCUT2D eigenvalue weighted by molar-refractivity contribution is 7.11. The van der Waals surface area contributed by atoms with Gasteiger partial charge in [0.25, 0.3) is 0 Å². The second-order valence-electron chi connectivity index (χ2n) is 2.17. The summed E-state index contributed by atoms with van der Waals surface area (Å²) < 4.78 is 0. The first-order chi connectivity index (χ1) is 5.74. The standard InChI is InChI=1S/C8H10N2OS/c1-2-6(10-8(9)11)7-4-3-5-12-7/h2-5H,1H3,(H3,9,10,11). The fraction of sp³-hybridized carbons (Fsp3) is 0.125. The molecule has 1 rings (SSSR count). The van der Waals surface area contributed by atoms with Gasteiger partial charge in [-0.05, 0) is 18.4 Å². The summed E-state index contributed by atoms with van der Waals surface area (Å²) in [6.07, 6.45) is 1.82. The summed E-state index contributed by atoms with van der Waals surface area (Å²) in [7, 11) is 0. The van der Waals surface area contributed by atoms with E-state index in [1.165, 1.54) is 0 Å². The van der Waals surface area contributed by atoms with Crippen molar-refractivity contribution in [1.29, 1.82) is 0 Å². The minimum absolute atomic E-state index is 0.531. The Morgan fingerprint density at radius 1 is 1.75 bits per heavy atom. The van der Waals surface area contributed by atoms with Crippen molar-refractivity contribution in [2.24, 2.45) is 5.73 Å². The Morgan fingerprint density at radius 2 is 2.50 bits per heavy atom. The SMILES string of the molecule is CC=C(NC(N)=O)c1cccs1. The van der Waals surface area contributed by atoms with E-state index in [1.807, 2.05) is 30.5 Å². The zero-order valence-electron chi connectivity index (χ0n) is 6.70. The van der Waals surface area contributed by atoms with Crippen LogP contribution in [0.25, 0.3) is 5.70 Å². The summed E-state index contributed by atoms with van der Waals surface area (Å²) >= 11 is 1.56. The molecule has 3 nitrogen and oxygen atoms in total. The zero-order chi connectivity index (χ0) is 8.97. The van der Waals surface area contributed by atoms with Crippen LogP contribution in [0.15, 0.2) is 23.6 Å². The highest BCUT2D eigenvalue weighted by atomic mass is 32.1. The molecule has 2 amide bonds. The van der Waals surface area contributed by atoms with Gasteiger partial charge in [0.2, 0.25) is 0 Å². The third-order valence-electron chi connectivity index (χ3n) is 1.33. The largest absolute Gasteiger partial charge is 0.351 e. The first-order valence-corrected chi connectivity index (χ1v) is 4.38. The summed E-state index contributed by atoms with van der Waals surface area (Å²) in [5.74, 6) is 0. The molecule has 64 valence electrons. The van der Waals surface area contributed by atoms with Crippen LogP contribution in [0.3, 0.4) is 0 Å². The molecular weight excluding hydrogens is 172 g/mol. The number of primary amides is 1. The Kier molecular flexibility index (Phi) is 2.88. The van der Waals surface area contributed by atoms with Gasteiger partial charge in [-0.1, -0.05) is 12.1 Å². The average molecular weight is 182 g/mol. The topological polar surface area (TPSA) is 55.1 Å². The highest BCUT2D eigenvalue weighted by Crippen LogP contribution is 2.16. The van der Waals surface area contributed by atoms with E-state index >= 15 is 0 Å². The third-order valence-corrected chi connectivity index (χ3v) is 2.24. The molecule has 0 radical (unpaired) electrons. The van der Waals surface area contributed by atoms with Crippen LogP contribution >= 0.6 is 11.3 Å². The molecule has 0 fully saturated rings. The van der Waals surface area contributed by atoms with Crippen LogP contribution in [0.1, 0.15) is 11.8 Å². The summed E-state index contributed by atoms with van der Waals surface area (Å²) in [6.45, 7) is 1.85. The third kappa shape index (κ3) is 2.10. The van der Waals surface area contributed by atoms with E-state index in [-0.39, 0.29) is 0 Å². The van der Waals surface area contributed by atoms with Crippen LogP contribution in [0.2, 0.25) is 0 Å². The van der Waals surface area contributed by atoms with Gasteiger partial charge in [-0.3, -0.25) is 0 Å². The lowest BCUT2D eigenvalue weighted by Crippen LogP contribution is -2.27. The first-order valence-electron chi connectivity index (χ1n) is 3.50. The molecule has 0 aromatic carbocycles. The van der Waals surface area contributed by atoms with E-state index in [4.69, 9.17) is 5.73 Å². The number of hydrogen-bond acceptors (Lipinski definition) is 2. The van der Waals surface area contributed by atoms with Crippen molar-refractivity contribution in [2.45, 2.75) is 6.92 Å². The average Bonchev–Trinajstić information content (AvgIpc) is 2.51. The van der Waals surface area contributed by atoms with Gasteiger partial charge in [0.15, 0.2) is 0 Å². The van der Waals surface area contributed by atoms with Gasteiger partial charge in [-0.2, -0.15) is 0 Å². The molecule has 0 aliphatic rings. The molecule has 0 bridgehead atoms. The molecule has 3 N–H and O–H groups in total. The van der Waals surface area contributed by atoms with E-state index in [2.05, 4.69) is 5.32 Å². The van der Waals surface area contributed by atoms with Crippen LogP contribution in [-0.4, -0.2) is 6.03 Å². The molecular formula is C8H10N2OS. The molecule has 12 heavy (non-hydrogen) atoms. The van der Waals surface area contributed by atoms with Gasteiger partial charge in [0.05, 0.1) is 10.6 Å². The predicted molar refractivity (Wildman–Crippen MR) is 50.7 cm³/mol. The molecule has 1 heterocycles. The molecule has 1 aromatic rings. The number of nitrogens with two attached hydrogens (primary N) is 1. The van der Waals surface area contributed by atoms with Gasteiger partial charge >= 0.3 is 6.03 Å². The Hall–Kier alpha value is -1.29. The molecule has 4 heteroatoms. The molecule has 0 atom stereocenters. The maximum absolute atomic E-state index is 10.5. The highest BCUT2D eigenvalue weighted by Gasteiger charge is 2.02. The fourth-order valence-electron chi connectivity index (χ4n) is 0.841. The smallest absolute Gasteiger partial charge is 0.316 e. The number of amides is 2. The number of thiophene rings is 1. The lowest BCUT2D eigenvalue weighted by Gasteiger charge is -2.03. The number of carbonyl (C=O) groups excluding carboxylic acids is 1. The lowest BCUT2D eigenvalue weighted by molar-refractivity contribution is 0.252. The van der Waals surface area contributed by atoms with Crippen molar-refractivity contribution in [3.8, 4) is 0 Å². The molecule has 0 saturated carbocycles. The maximum atomic E-state index is 10.5. The summed E-state index contributed by atoms with van der Waals surface area (Å²) in [6, 6.07) is 3.32. The molecule has 0 spiro atoms. The van der Waals surface area contributed by atoms with Crippen LogP contribution in [0.5, 0.6) is 0 Å². The van der Waals surface area contributed by atoms with E-state index in [1.54, 1.807) is 11.3 Å². The zero-order valence-corrected chi connectivity index (χ0v) is 7.52.